The van der Waals surface area contributed by atoms with Gasteiger partial charge in [-0.2, -0.15) is 0 Å². The van der Waals surface area contributed by atoms with Gasteiger partial charge in [-0.1, -0.05) is 23.2 Å². The van der Waals surface area contributed by atoms with E-state index in [1.807, 2.05) is 6.92 Å². The van der Waals surface area contributed by atoms with Crippen LogP contribution in [0.25, 0.3) is 0 Å². The summed E-state index contributed by atoms with van der Waals surface area (Å²) in [5.74, 6) is -0.244. The molecule has 1 aromatic carbocycles. The average Bonchev–Trinajstić information content (AvgIpc) is 2.62. The molecule has 0 aliphatic rings. The van der Waals surface area contributed by atoms with Gasteiger partial charge in [-0.25, -0.2) is 4.98 Å². The van der Waals surface area contributed by atoms with Crippen LogP contribution in [0.1, 0.15) is 25.3 Å². The molecule has 0 spiro atoms. The van der Waals surface area contributed by atoms with Gasteiger partial charge in [-0.05, 0) is 56.2 Å². The number of ether oxygens (including phenoxy) is 2. The van der Waals surface area contributed by atoms with Gasteiger partial charge in [0.1, 0.15) is 5.75 Å². The topological polar surface area (TPSA) is 77.5 Å². The molecule has 1 aromatic heterocycles. The van der Waals surface area contributed by atoms with Crippen molar-refractivity contribution in [3.63, 3.8) is 0 Å². The largest absolute Gasteiger partial charge is 0.493 e. The maximum absolute atomic E-state index is 12.1. The second-order valence-electron chi connectivity index (χ2n) is 5.82. The minimum Gasteiger partial charge on any atom is -0.493 e. The molecule has 1 heterocycles. The number of nitrogens with one attached hydrogen (secondary N) is 1. The number of amides is 1. The Labute approximate surface area is 167 Å². The highest BCUT2D eigenvalue weighted by molar-refractivity contribution is 6.32. The molecule has 8 heteroatoms. The molecule has 0 radical (unpaired) electrons. The van der Waals surface area contributed by atoms with E-state index in [2.05, 4.69) is 10.3 Å². The van der Waals surface area contributed by atoms with E-state index in [9.17, 15) is 9.59 Å². The Morgan fingerprint density at radius 2 is 2.04 bits per heavy atom. The van der Waals surface area contributed by atoms with Crippen LogP contribution in [-0.4, -0.2) is 29.6 Å². The van der Waals surface area contributed by atoms with Crippen molar-refractivity contribution < 1.29 is 19.1 Å². The van der Waals surface area contributed by atoms with Crippen molar-refractivity contribution in [2.24, 2.45) is 0 Å². The van der Waals surface area contributed by atoms with Crippen molar-refractivity contribution in [1.29, 1.82) is 0 Å². The smallest absolute Gasteiger partial charge is 0.306 e. The third-order valence-electron chi connectivity index (χ3n) is 3.61. The van der Waals surface area contributed by atoms with Crippen molar-refractivity contribution in [1.82, 2.24) is 4.98 Å². The summed E-state index contributed by atoms with van der Waals surface area (Å²) >= 11 is 11.8. The van der Waals surface area contributed by atoms with Gasteiger partial charge in [-0.15, -0.1) is 0 Å². The van der Waals surface area contributed by atoms with E-state index in [0.29, 0.717) is 29.5 Å². The number of anilines is 1. The number of carbonyl (C=O) groups excluding carboxylic acids is 2. The number of aryl methyl sites for hydroxylation is 1. The van der Waals surface area contributed by atoms with Gasteiger partial charge in [0.15, 0.2) is 11.3 Å². The van der Waals surface area contributed by atoms with E-state index < -0.39 is 18.0 Å². The number of rotatable bonds is 8. The Morgan fingerprint density at radius 3 is 2.74 bits per heavy atom. The van der Waals surface area contributed by atoms with E-state index in [0.717, 1.165) is 5.56 Å². The van der Waals surface area contributed by atoms with E-state index >= 15 is 0 Å². The average molecular weight is 411 g/mol. The first-order valence-corrected chi connectivity index (χ1v) is 9.12. The Bertz CT molecular complexity index is 814. The fourth-order valence-electron chi connectivity index (χ4n) is 2.20. The second-order valence-corrected chi connectivity index (χ2v) is 6.62. The van der Waals surface area contributed by atoms with Crippen molar-refractivity contribution in [2.45, 2.75) is 32.8 Å². The maximum Gasteiger partial charge on any atom is 0.306 e. The second kappa shape index (κ2) is 10.1. The van der Waals surface area contributed by atoms with Gasteiger partial charge >= 0.3 is 5.97 Å². The lowest BCUT2D eigenvalue weighted by Crippen LogP contribution is -2.30. The van der Waals surface area contributed by atoms with E-state index in [-0.39, 0.29) is 11.6 Å². The summed E-state index contributed by atoms with van der Waals surface area (Å²) in [5, 5.41) is 3.38. The molecule has 0 aliphatic heterocycles. The van der Waals surface area contributed by atoms with Crippen LogP contribution in [0.5, 0.6) is 5.75 Å². The lowest BCUT2D eigenvalue weighted by Gasteiger charge is -2.14. The van der Waals surface area contributed by atoms with Crippen LogP contribution in [0.2, 0.25) is 10.2 Å². The molecule has 1 unspecified atom stereocenters. The fraction of sp³-hybridized carbons (Fsp3) is 0.316. The first-order chi connectivity index (χ1) is 12.9. The monoisotopic (exact) mass is 410 g/mol. The molecule has 2 aromatic rings. The number of nitrogens with zero attached hydrogens (tertiary/aromatic N) is 1. The van der Waals surface area contributed by atoms with Crippen LogP contribution in [0.3, 0.4) is 0 Å². The Hall–Kier alpha value is -2.31. The molecule has 0 aliphatic carbocycles. The van der Waals surface area contributed by atoms with Crippen LogP contribution in [-0.2, 0) is 14.3 Å². The lowest BCUT2D eigenvalue weighted by atomic mass is 10.2. The predicted octanol–water partition coefficient (Wildman–Crippen LogP) is 4.43. The molecular weight excluding hydrogens is 391 g/mol. The zero-order chi connectivity index (χ0) is 19.8. The molecule has 2 rings (SSSR count). The molecular formula is C19H20Cl2N2O4. The highest BCUT2D eigenvalue weighted by Gasteiger charge is 2.18. The molecule has 1 atom stereocenters. The van der Waals surface area contributed by atoms with E-state index in [1.165, 1.54) is 13.1 Å². The van der Waals surface area contributed by atoms with Gasteiger partial charge < -0.3 is 14.8 Å². The number of carbonyl (C=O) groups is 2. The van der Waals surface area contributed by atoms with Gasteiger partial charge in [0.25, 0.3) is 5.91 Å². The highest BCUT2D eigenvalue weighted by Crippen LogP contribution is 2.22. The summed E-state index contributed by atoms with van der Waals surface area (Å²) in [5.41, 5.74) is 1.28. The van der Waals surface area contributed by atoms with E-state index in [4.69, 9.17) is 32.7 Å². The number of esters is 1. The number of aromatic nitrogens is 1. The lowest BCUT2D eigenvalue weighted by molar-refractivity contribution is -0.153. The summed E-state index contributed by atoms with van der Waals surface area (Å²) in [7, 11) is 0. The fourth-order valence-corrected chi connectivity index (χ4v) is 2.59. The van der Waals surface area contributed by atoms with Crippen LogP contribution in [0, 0.1) is 6.92 Å². The number of hydrogen-bond acceptors (Lipinski definition) is 5. The first kappa shape index (κ1) is 21.0. The van der Waals surface area contributed by atoms with Gasteiger partial charge in [0.2, 0.25) is 0 Å². The first-order valence-electron chi connectivity index (χ1n) is 8.36. The number of pyridine rings is 1. The normalized spacial score (nSPS) is 11.6. The highest BCUT2D eigenvalue weighted by atomic mass is 35.5. The third kappa shape index (κ3) is 6.73. The summed E-state index contributed by atoms with van der Waals surface area (Å²) in [6.45, 7) is 3.73. The molecule has 1 N–H and O–H groups in total. The molecule has 0 saturated heterocycles. The summed E-state index contributed by atoms with van der Waals surface area (Å²) in [4.78, 5) is 27.8. The van der Waals surface area contributed by atoms with Crippen LogP contribution in [0.15, 0.2) is 36.5 Å². The minimum absolute atomic E-state index is 0.137. The zero-order valence-corrected chi connectivity index (χ0v) is 16.5. The van der Waals surface area contributed by atoms with E-state index in [1.54, 1.807) is 30.3 Å². The SMILES string of the molecule is Cc1cc(Cl)ccc1OCCCC(=O)OC(C)C(=O)Nc1cccnc1Cl. The quantitative estimate of drug-likeness (QED) is 0.395. The molecule has 0 fully saturated rings. The molecule has 1 amide bonds. The predicted molar refractivity (Wildman–Crippen MR) is 104 cm³/mol. The standard InChI is InChI=1S/C19H20Cl2N2O4/c1-12-11-14(20)7-8-16(12)26-10-4-6-17(24)27-13(2)19(25)23-15-5-3-9-22-18(15)21/h3,5,7-9,11,13H,4,6,10H2,1-2H3,(H,23,25). The Kier molecular flexibility index (Phi) is 7.88. The van der Waals surface area contributed by atoms with Gasteiger partial charge in [-0.3, -0.25) is 9.59 Å². The zero-order valence-electron chi connectivity index (χ0n) is 15.0. The van der Waals surface area contributed by atoms with Crippen molar-refractivity contribution in [3.8, 4) is 5.75 Å². The van der Waals surface area contributed by atoms with Gasteiger partial charge in [0.05, 0.1) is 12.3 Å². The number of halogens is 2. The Balaban J connectivity index is 1.71. The third-order valence-corrected chi connectivity index (χ3v) is 4.15. The Morgan fingerprint density at radius 1 is 1.26 bits per heavy atom. The molecule has 27 heavy (non-hydrogen) atoms. The van der Waals surface area contributed by atoms with Crippen molar-refractivity contribution in [2.75, 3.05) is 11.9 Å². The van der Waals surface area contributed by atoms with Crippen LogP contribution < -0.4 is 10.1 Å². The molecule has 0 bridgehead atoms. The van der Waals surface area contributed by atoms with Crippen molar-refractivity contribution in [3.05, 3.63) is 52.3 Å². The molecule has 6 nitrogen and oxygen atoms in total. The van der Waals surface area contributed by atoms with Crippen molar-refractivity contribution >= 4 is 40.8 Å². The van der Waals surface area contributed by atoms with Crippen LogP contribution >= 0.6 is 23.2 Å². The van der Waals surface area contributed by atoms with Gasteiger partial charge in [0, 0.05) is 17.6 Å². The molecule has 0 saturated carbocycles. The summed E-state index contributed by atoms with van der Waals surface area (Å²) < 4.78 is 10.7. The summed E-state index contributed by atoms with van der Waals surface area (Å²) in [6.07, 6.45) is 1.16. The summed E-state index contributed by atoms with van der Waals surface area (Å²) in [6, 6.07) is 8.58. The maximum atomic E-state index is 12.1. The molecule has 144 valence electrons. The number of hydrogen-bond donors (Lipinski definition) is 1. The van der Waals surface area contributed by atoms with Crippen LogP contribution in [0.4, 0.5) is 5.69 Å². The number of benzene rings is 1. The minimum atomic E-state index is -0.951.